The van der Waals surface area contributed by atoms with E-state index in [1.54, 1.807) is 7.11 Å². The minimum absolute atomic E-state index is 0.109. The first-order valence-electron chi connectivity index (χ1n) is 8.95. The molecule has 1 aromatic heterocycles. The fraction of sp³-hybridized carbons (Fsp3) is 0.474. The number of hydrogen-bond acceptors (Lipinski definition) is 4. The average Bonchev–Trinajstić information content (AvgIpc) is 3.14. The van der Waals surface area contributed by atoms with Crippen molar-refractivity contribution in [1.29, 1.82) is 0 Å². The lowest BCUT2D eigenvalue weighted by atomic mass is 10.1. The first kappa shape index (κ1) is 18.7. The Kier molecular flexibility index (Phi) is 6.11. The van der Waals surface area contributed by atoms with Crippen LogP contribution in [0.3, 0.4) is 0 Å². The molecule has 1 fully saturated rings. The van der Waals surface area contributed by atoms with Crippen LogP contribution in [-0.2, 0) is 11.3 Å². The molecule has 0 aliphatic carbocycles. The molecule has 0 unspecified atom stereocenters. The SMILES string of the molecule is CCNC(=S)N(Cc1cc2ccc(OC)cc2[nH]c1=O)C[C@H]1CCCO1. The Balaban J connectivity index is 1.85. The number of methoxy groups -OCH3 is 1. The van der Waals surface area contributed by atoms with Crippen LogP contribution in [0.25, 0.3) is 10.9 Å². The van der Waals surface area contributed by atoms with Gasteiger partial charge in [0.1, 0.15) is 5.75 Å². The van der Waals surface area contributed by atoms with Crippen LogP contribution in [0, 0.1) is 0 Å². The summed E-state index contributed by atoms with van der Waals surface area (Å²) in [6.07, 6.45) is 2.26. The molecule has 2 aromatic rings. The van der Waals surface area contributed by atoms with Crippen LogP contribution < -0.4 is 15.6 Å². The molecule has 0 amide bonds. The maximum atomic E-state index is 12.6. The fourth-order valence-electron chi connectivity index (χ4n) is 3.19. The summed E-state index contributed by atoms with van der Waals surface area (Å²) in [6.45, 7) is 4.68. The average molecular weight is 375 g/mol. The van der Waals surface area contributed by atoms with E-state index in [-0.39, 0.29) is 11.7 Å². The Labute approximate surface area is 158 Å². The first-order chi connectivity index (χ1) is 12.6. The summed E-state index contributed by atoms with van der Waals surface area (Å²) in [5.74, 6) is 0.717. The highest BCUT2D eigenvalue weighted by atomic mass is 32.1. The molecule has 1 aliphatic heterocycles. The summed E-state index contributed by atoms with van der Waals surface area (Å²) in [7, 11) is 1.61. The van der Waals surface area contributed by atoms with E-state index >= 15 is 0 Å². The topological polar surface area (TPSA) is 66.6 Å². The number of aromatic amines is 1. The number of rotatable bonds is 6. The van der Waals surface area contributed by atoms with E-state index in [0.29, 0.717) is 29.5 Å². The van der Waals surface area contributed by atoms with Crippen LogP contribution in [0.4, 0.5) is 0 Å². The van der Waals surface area contributed by atoms with Crippen LogP contribution in [0.1, 0.15) is 25.3 Å². The van der Waals surface area contributed by atoms with Gasteiger partial charge >= 0.3 is 0 Å². The van der Waals surface area contributed by atoms with Gasteiger partial charge in [-0.25, -0.2) is 0 Å². The predicted molar refractivity (Wildman–Crippen MR) is 107 cm³/mol. The highest BCUT2D eigenvalue weighted by molar-refractivity contribution is 7.80. The third kappa shape index (κ3) is 4.34. The molecule has 2 N–H and O–H groups in total. The van der Waals surface area contributed by atoms with E-state index in [9.17, 15) is 4.79 Å². The van der Waals surface area contributed by atoms with E-state index < -0.39 is 0 Å². The van der Waals surface area contributed by atoms with E-state index in [0.717, 1.165) is 36.9 Å². The molecule has 1 saturated heterocycles. The van der Waals surface area contributed by atoms with Gasteiger partial charge in [-0.15, -0.1) is 0 Å². The van der Waals surface area contributed by atoms with E-state index in [1.165, 1.54) is 0 Å². The summed E-state index contributed by atoms with van der Waals surface area (Å²) in [6, 6.07) is 7.58. The second-order valence-corrected chi connectivity index (χ2v) is 6.81. The molecule has 0 spiro atoms. The highest BCUT2D eigenvalue weighted by Gasteiger charge is 2.21. The lowest BCUT2D eigenvalue weighted by molar-refractivity contribution is 0.0897. The molecular formula is C19H25N3O3S. The number of pyridine rings is 1. The number of hydrogen-bond donors (Lipinski definition) is 2. The van der Waals surface area contributed by atoms with Crippen molar-refractivity contribution in [3.8, 4) is 5.75 Å². The van der Waals surface area contributed by atoms with Gasteiger partial charge in [0.05, 0.1) is 25.3 Å². The summed E-state index contributed by atoms with van der Waals surface area (Å²) in [5, 5.41) is 4.80. The third-order valence-electron chi connectivity index (χ3n) is 4.55. The third-order valence-corrected chi connectivity index (χ3v) is 4.96. The van der Waals surface area contributed by atoms with Crippen LogP contribution >= 0.6 is 12.2 Å². The number of nitrogens with zero attached hydrogens (tertiary/aromatic N) is 1. The van der Waals surface area contributed by atoms with Gasteiger partial charge in [0.25, 0.3) is 5.56 Å². The fourth-order valence-corrected chi connectivity index (χ4v) is 3.48. The largest absolute Gasteiger partial charge is 0.497 e. The van der Waals surface area contributed by atoms with Gasteiger partial charge in [0.15, 0.2) is 5.11 Å². The Bertz CT molecular complexity index is 830. The molecule has 7 heteroatoms. The molecular weight excluding hydrogens is 350 g/mol. The number of aromatic nitrogens is 1. The number of nitrogens with one attached hydrogen (secondary N) is 2. The Morgan fingerprint density at radius 2 is 2.31 bits per heavy atom. The van der Waals surface area contributed by atoms with Crippen molar-refractivity contribution in [3.63, 3.8) is 0 Å². The second kappa shape index (κ2) is 8.51. The van der Waals surface area contributed by atoms with Crippen LogP contribution in [0.2, 0.25) is 0 Å². The Hall–Kier alpha value is -2.12. The number of thiocarbonyl (C=S) groups is 1. The number of H-pyrrole nitrogens is 1. The van der Waals surface area contributed by atoms with Gasteiger partial charge in [-0.3, -0.25) is 4.79 Å². The normalized spacial score (nSPS) is 16.6. The molecule has 1 aromatic carbocycles. The molecule has 26 heavy (non-hydrogen) atoms. The lowest BCUT2D eigenvalue weighted by Gasteiger charge is -2.28. The van der Waals surface area contributed by atoms with Gasteiger partial charge in [0.2, 0.25) is 0 Å². The number of fused-ring (bicyclic) bond motifs is 1. The minimum atomic E-state index is -0.109. The number of ether oxygens (including phenoxy) is 2. The Morgan fingerprint density at radius 1 is 1.46 bits per heavy atom. The summed E-state index contributed by atoms with van der Waals surface area (Å²) in [5.41, 5.74) is 1.33. The van der Waals surface area contributed by atoms with Crippen molar-refractivity contribution in [2.24, 2.45) is 0 Å². The lowest BCUT2D eigenvalue weighted by Crippen LogP contribution is -2.43. The summed E-state index contributed by atoms with van der Waals surface area (Å²) < 4.78 is 11.0. The standard InChI is InChI=1S/C19H25N3O3S/c1-3-20-19(26)22(12-16-5-4-8-25-16)11-14-9-13-6-7-15(24-2)10-17(13)21-18(14)23/h6-7,9-10,16H,3-5,8,11-12H2,1-2H3,(H,20,26)(H,21,23)/t16-/m1/s1. The maximum absolute atomic E-state index is 12.6. The van der Waals surface area contributed by atoms with Crippen molar-refractivity contribution in [3.05, 3.63) is 40.2 Å². The predicted octanol–water partition coefficient (Wildman–Crippen LogP) is 2.41. The van der Waals surface area contributed by atoms with Crippen molar-refractivity contribution in [2.45, 2.75) is 32.4 Å². The van der Waals surface area contributed by atoms with E-state index in [4.69, 9.17) is 21.7 Å². The molecule has 140 valence electrons. The maximum Gasteiger partial charge on any atom is 0.253 e. The highest BCUT2D eigenvalue weighted by Crippen LogP contribution is 2.20. The molecule has 0 radical (unpaired) electrons. The van der Waals surface area contributed by atoms with Crippen molar-refractivity contribution in [2.75, 3.05) is 26.8 Å². The van der Waals surface area contributed by atoms with Gasteiger partial charge in [-0.1, -0.05) is 0 Å². The first-order valence-corrected chi connectivity index (χ1v) is 9.36. The molecule has 6 nitrogen and oxygen atoms in total. The Morgan fingerprint density at radius 3 is 3.00 bits per heavy atom. The zero-order valence-corrected chi connectivity index (χ0v) is 16.0. The monoisotopic (exact) mass is 375 g/mol. The van der Waals surface area contributed by atoms with Gasteiger partial charge in [-0.05, 0) is 55.6 Å². The smallest absolute Gasteiger partial charge is 0.253 e. The minimum Gasteiger partial charge on any atom is -0.497 e. The molecule has 2 heterocycles. The van der Waals surface area contributed by atoms with Crippen molar-refractivity contribution < 1.29 is 9.47 Å². The molecule has 3 rings (SSSR count). The van der Waals surface area contributed by atoms with Gasteiger partial charge in [0, 0.05) is 31.3 Å². The molecule has 0 saturated carbocycles. The van der Waals surface area contributed by atoms with Crippen molar-refractivity contribution >= 4 is 28.2 Å². The zero-order chi connectivity index (χ0) is 18.5. The summed E-state index contributed by atoms with van der Waals surface area (Å²) in [4.78, 5) is 17.5. The van der Waals surface area contributed by atoms with Crippen LogP contribution in [0.15, 0.2) is 29.1 Å². The molecule has 1 aliphatic rings. The summed E-state index contributed by atoms with van der Waals surface area (Å²) >= 11 is 5.51. The second-order valence-electron chi connectivity index (χ2n) is 6.43. The van der Waals surface area contributed by atoms with Crippen LogP contribution in [0.5, 0.6) is 5.75 Å². The van der Waals surface area contributed by atoms with Crippen molar-refractivity contribution in [1.82, 2.24) is 15.2 Å². The van der Waals surface area contributed by atoms with E-state index in [2.05, 4.69) is 10.3 Å². The molecule has 1 atom stereocenters. The zero-order valence-electron chi connectivity index (χ0n) is 15.2. The quantitative estimate of drug-likeness (QED) is 0.756. The molecule has 0 bridgehead atoms. The van der Waals surface area contributed by atoms with Crippen LogP contribution in [-0.4, -0.2) is 47.9 Å². The van der Waals surface area contributed by atoms with E-state index in [1.807, 2.05) is 36.1 Å². The number of benzene rings is 1. The van der Waals surface area contributed by atoms with Gasteiger partial charge < -0.3 is 24.7 Å². The van der Waals surface area contributed by atoms with Gasteiger partial charge in [-0.2, -0.15) is 0 Å².